The van der Waals surface area contributed by atoms with Gasteiger partial charge in [-0.3, -0.25) is 4.99 Å². The summed E-state index contributed by atoms with van der Waals surface area (Å²) in [5.41, 5.74) is 1.37. The fourth-order valence-corrected chi connectivity index (χ4v) is 5.18. The van der Waals surface area contributed by atoms with Crippen LogP contribution in [0.15, 0.2) is 34.2 Å². The first-order valence-electron chi connectivity index (χ1n) is 9.36. The van der Waals surface area contributed by atoms with Gasteiger partial charge in [0.05, 0.1) is 4.90 Å². The van der Waals surface area contributed by atoms with Crippen molar-refractivity contribution in [3.05, 3.63) is 29.8 Å². The van der Waals surface area contributed by atoms with E-state index in [9.17, 15) is 8.42 Å². The number of sulfonamides is 1. The number of hydrogen-bond acceptors (Lipinski definition) is 3. The smallest absolute Gasteiger partial charge is 0.243 e. The van der Waals surface area contributed by atoms with Gasteiger partial charge in [0.2, 0.25) is 10.0 Å². The molecule has 7 heteroatoms. The van der Waals surface area contributed by atoms with Gasteiger partial charge < -0.3 is 10.2 Å². The number of nitrogens with one attached hydrogen (secondary N) is 1. The van der Waals surface area contributed by atoms with Crippen LogP contribution in [0.3, 0.4) is 0 Å². The normalized spacial score (nSPS) is 21.3. The number of aliphatic imine (C=N–C) groups is 1. The first-order valence-corrected chi connectivity index (χ1v) is 10.8. The molecule has 2 saturated heterocycles. The Morgan fingerprint density at radius 3 is 2.35 bits per heavy atom. The van der Waals surface area contributed by atoms with Gasteiger partial charge in [-0.2, -0.15) is 4.31 Å². The minimum absolute atomic E-state index is 0.323. The molecular formula is C19H30N4O2S. The number of likely N-dealkylation sites (tertiary alicyclic amines) is 1. The van der Waals surface area contributed by atoms with Crippen LogP contribution in [-0.2, 0) is 16.6 Å². The van der Waals surface area contributed by atoms with E-state index >= 15 is 0 Å². The first kappa shape index (κ1) is 19.2. The highest BCUT2D eigenvalue weighted by Crippen LogP contribution is 2.28. The summed E-state index contributed by atoms with van der Waals surface area (Å²) in [6.07, 6.45) is 3.07. The highest BCUT2D eigenvalue weighted by atomic mass is 32.2. The van der Waals surface area contributed by atoms with E-state index in [1.165, 1.54) is 0 Å². The Hall–Kier alpha value is -1.60. The lowest BCUT2D eigenvalue weighted by Crippen LogP contribution is -2.40. The molecule has 0 atom stereocenters. The van der Waals surface area contributed by atoms with Gasteiger partial charge in [0.25, 0.3) is 0 Å². The maximum Gasteiger partial charge on any atom is 0.243 e. The Labute approximate surface area is 157 Å². The molecule has 2 aliphatic heterocycles. The second kappa shape index (κ2) is 7.56. The molecule has 1 N–H and O–H groups in total. The van der Waals surface area contributed by atoms with E-state index in [1.807, 2.05) is 12.1 Å². The van der Waals surface area contributed by atoms with Gasteiger partial charge in [0, 0.05) is 39.8 Å². The van der Waals surface area contributed by atoms with Crippen LogP contribution in [0.5, 0.6) is 0 Å². The van der Waals surface area contributed by atoms with Crippen molar-refractivity contribution in [2.24, 2.45) is 10.4 Å². The Kier molecular flexibility index (Phi) is 5.58. The van der Waals surface area contributed by atoms with E-state index in [0.717, 1.165) is 43.9 Å². The molecule has 0 aliphatic carbocycles. The van der Waals surface area contributed by atoms with Gasteiger partial charge in [0.1, 0.15) is 0 Å². The molecule has 0 aromatic heterocycles. The summed E-state index contributed by atoms with van der Waals surface area (Å²) >= 11 is 0. The van der Waals surface area contributed by atoms with Crippen LogP contribution in [-0.4, -0.2) is 56.8 Å². The first-order chi connectivity index (χ1) is 12.3. The third kappa shape index (κ3) is 4.20. The zero-order chi connectivity index (χ0) is 18.8. The molecular weight excluding hydrogens is 348 g/mol. The molecule has 0 amide bonds. The lowest BCUT2D eigenvalue weighted by molar-refractivity contribution is 0.370. The largest absolute Gasteiger partial charge is 0.352 e. The van der Waals surface area contributed by atoms with Crippen LogP contribution in [0.1, 0.15) is 38.7 Å². The predicted octanol–water partition coefficient (Wildman–Crippen LogP) is 2.28. The molecule has 144 valence electrons. The predicted molar refractivity (Wildman–Crippen MR) is 105 cm³/mol. The van der Waals surface area contributed by atoms with Crippen molar-refractivity contribution in [2.45, 2.75) is 44.6 Å². The minimum atomic E-state index is -3.34. The van der Waals surface area contributed by atoms with Gasteiger partial charge >= 0.3 is 0 Å². The lowest BCUT2D eigenvalue weighted by atomic mass is 9.93. The van der Waals surface area contributed by atoms with Crippen molar-refractivity contribution in [1.82, 2.24) is 14.5 Å². The van der Waals surface area contributed by atoms with Crippen molar-refractivity contribution < 1.29 is 8.42 Å². The average molecular weight is 379 g/mol. The van der Waals surface area contributed by atoms with Crippen LogP contribution in [0.25, 0.3) is 0 Å². The van der Waals surface area contributed by atoms with E-state index in [4.69, 9.17) is 0 Å². The maximum absolute atomic E-state index is 12.6. The molecule has 3 rings (SSSR count). The molecule has 26 heavy (non-hydrogen) atoms. The number of guanidine groups is 1. The molecule has 1 aromatic carbocycles. The molecule has 0 spiro atoms. The summed E-state index contributed by atoms with van der Waals surface area (Å²) in [5.74, 6) is 0.907. The average Bonchev–Trinajstić information content (AvgIpc) is 3.26. The summed E-state index contributed by atoms with van der Waals surface area (Å²) in [6.45, 7) is 8.47. The molecule has 0 bridgehead atoms. The summed E-state index contributed by atoms with van der Waals surface area (Å²) in [7, 11) is -1.53. The Balaban J connectivity index is 1.61. The zero-order valence-corrected chi connectivity index (χ0v) is 16.8. The number of benzene rings is 1. The van der Waals surface area contributed by atoms with Gasteiger partial charge in [-0.25, -0.2) is 8.42 Å². The zero-order valence-electron chi connectivity index (χ0n) is 16.0. The van der Waals surface area contributed by atoms with E-state index in [0.29, 0.717) is 29.9 Å². The molecule has 0 unspecified atom stereocenters. The fourth-order valence-electron chi connectivity index (χ4n) is 3.66. The van der Waals surface area contributed by atoms with E-state index in [2.05, 4.69) is 29.1 Å². The Morgan fingerprint density at radius 1 is 1.15 bits per heavy atom. The summed E-state index contributed by atoms with van der Waals surface area (Å²) in [5, 5.41) is 3.39. The molecule has 2 fully saturated rings. The molecule has 2 heterocycles. The van der Waals surface area contributed by atoms with Crippen LogP contribution in [0.2, 0.25) is 0 Å². The Morgan fingerprint density at radius 2 is 1.81 bits per heavy atom. The molecule has 0 radical (unpaired) electrons. The standard InChI is InChI=1S/C19H30N4O2S/c1-19(2)10-13-22(15-19)18(20-3)21-14-16-6-8-17(9-7-16)26(24,25)23-11-4-5-12-23/h6-9H,4-5,10-15H2,1-3H3,(H,20,21). The summed E-state index contributed by atoms with van der Waals surface area (Å²) in [6, 6.07) is 7.20. The quantitative estimate of drug-likeness (QED) is 0.645. The van der Waals surface area contributed by atoms with E-state index in [1.54, 1.807) is 23.5 Å². The SMILES string of the molecule is CN=C(NCc1ccc(S(=O)(=O)N2CCCC2)cc1)N1CCC(C)(C)C1. The molecule has 0 saturated carbocycles. The van der Waals surface area contributed by atoms with Gasteiger partial charge in [-0.05, 0) is 42.4 Å². The van der Waals surface area contributed by atoms with Gasteiger partial charge in [0.15, 0.2) is 5.96 Å². The van der Waals surface area contributed by atoms with E-state index < -0.39 is 10.0 Å². The third-order valence-corrected chi connectivity index (χ3v) is 7.18. The maximum atomic E-state index is 12.6. The molecule has 2 aliphatic rings. The monoisotopic (exact) mass is 378 g/mol. The lowest BCUT2D eigenvalue weighted by Gasteiger charge is -2.23. The van der Waals surface area contributed by atoms with Crippen molar-refractivity contribution in [3.63, 3.8) is 0 Å². The minimum Gasteiger partial charge on any atom is -0.352 e. The number of rotatable bonds is 4. The van der Waals surface area contributed by atoms with Crippen LogP contribution in [0.4, 0.5) is 0 Å². The van der Waals surface area contributed by atoms with Gasteiger partial charge in [-0.15, -0.1) is 0 Å². The number of hydrogen-bond donors (Lipinski definition) is 1. The van der Waals surface area contributed by atoms with Crippen LogP contribution < -0.4 is 5.32 Å². The second-order valence-corrected chi connectivity index (χ2v) is 9.93. The van der Waals surface area contributed by atoms with Crippen molar-refractivity contribution in [2.75, 3.05) is 33.2 Å². The van der Waals surface area contributed by atoms with Crippen molar-refractivity contribution >= 4 is 16.0 Å². The summed E-state index contributed by atoms with van der Waals surface area (Å²) in [4.78, 5) is 7.06. The van der Waals surface area contributed by atoms with Crippen molar-refractivity contribution in [1.29, 1.82) is 0 Å². The van der Waals surface area contributed by atoms with Gasteiger partial charge in [-0.1, -0.05) is 26.0 Å². The summed E-state index contributed by atoms with van der Waals surface area (Å²) < 4.78 is 26.7. The Bertz CT molecular complexity index is 750. The molecule has 1 aromatic rings. The fraction of sp³-hybridized carbons (Fsp3) is 0.632. The van der Waals surface area contributed by atoms with E-state index in [-0.39, 0.29) is 0 Å². The van der Waals surface area contributed by atoms with Crippen molar-refractivity contribution in [3.8, 4) is 0 Å². The third-order valence-electron chi connectivity index (χ3n) is 5.27. The number of nitrogens with zero attached hydrogens (tertiary/aromatic N) is 3. The highest BCUT2D eigenvalue weighted by molar-refractivity contribution is 7.89. The molecule has 6 nitrogen and oxygen atoms in total. The topological polar surface area (TPSA) is 65.0 Å². The highest BCUT2D eigenvalue weighted by Gasteiger charge is 2.31. The van der Waals surface area contributed by atoms with Crippen LogP contribution in [0, 0.1) is 5.41 Å². The second-order valence-electron chi connectivity index (χ2n) is 7.99. The van der Waals surface area contributed by atoms with Crippen LogP contribution >= 0.6 is 0 Å².